The fourth-order valence-electron chi connectivity index (χ4n) is 0.218. The highest BCUT2D eigenvalue weighted by atomic mass is 79.9. The monoisotopic (exact) mass is 150 g/mol. The normalized spacial score (nSPS) is 9.00. The van der Waals surface area contributed by atoms with Gasteiger partial charge in [-0.3, -0.25) is 0 Å². The summed E-state index contributed by atoms with van der Waals surface area (Å²) in [7, 11) is 0. The van der Waals surface area contributed by atoms with E-state index >= 15 is 0 Å². The Morgan fingerprint density at radius 3 is 2.50 bits per heavy atom. The van der Waals surface area contributed by atoms with Crippen molar-refractivity contribution in [3.63, 3.8) is 0 Å². The largest absolute Gasteiger partial charge is 0.241 e. The van der Waals surface area contributed by atoms with E-state index < -0.39 is 0 Å². The predicted molar refractivity (Wildman–Crippen MR) is 31.3 cm³/mol. The molecule has 0 saturated heterocycles. The first kappa shape index (κ1) is 6.44. The lowest BCUT2D eigenvalue weighted by atomic mass is 10.7. The summed E-state index contributed by atoms with van der Waals surface area (Å²) in [6.45, 7) is 3.95. The molecular formula is C4H9BrN. The van der Waals surface area contributed by atoms with E-state index in [-0.39, 0.29) is 0 Å². The number of rotatable bonds is 3. The second-order valence-corrected chi connectivity index (χ2v) is 1.75. The minimum absolute atomic E-state index is 0.950. The summed E-state index contributed by atoms with van der Waals surface area (Å²) < 4.78 is 0. The van der Waals surface area contributed by atoms with Crippen LogP contribution in [-0.4, -0.2) is 18.4 Å². The first-order valence-corrected chi connectivity index (χ1v) is 3.23. The lowest BCUT2D eigenvalue weighted by molar-refractivity contribution is 0.754. The molecule has 1 nitrogen and oxygen atoms in total. The van der Waals surface area contributed by atoms with Crippen molar-refractivity contribution in [3.05, 3.63) is 0 Å². The van der Waals surface area contributed by atoms with Crippen LogP contribution in [0.1, 0.15) is 6.92 Å². The molecule has 0 aliphatic heterocycles. The molecule has 0 rings (SSSR count). The minimum Gasteiger partial charge on any atom is -0.241 e. The Bertz CT molecular complexity index is 19.5. The molecule has 0 atom stereocenters. The topological polar surface area (TPSA) is 14.1 Å². The van der Waals surface area contributed by atoms with E-state index in [0.717, 1.165) is 18.4 Å². The third kappa shape index (κ3) is 4.44. The molecule has 0 spiro atoms. The third-order valence-corrected chi connectivity index (χ3v) is 0.821. The number of hydrogen-bond acceptors (Lipinski definition) is 0. The molecule has 6 heavy (non-hydrogen) atoms. The van der Waals surface area contributed by atoms with E-state index in [2.05, 4.69) is 21.2 Å². The number of halogens is 1. The van der Waals surface area contributed by atoms with E-state index in [9.17, 15) is 0 Å². The third-order valence-electron chi connectivity index (χ3n) is 0.466. The number of nitrogens with zero attached hydrogens (tertiary/aromatic N) is 1. The summed E-state index contributed by atoms with van der Waals surface area (Å²) in [5.74, 6) is 0. The van der Waals surface area contributed by atoms with Gasteiger partial charge in [-0.15, -0.1) is 0 Å². The molecule has 1 radical (unpaired) electrons. The zero-order valence-electron chi connectivity index (χ0n) is 3.95. The Morgan fingerprint density at radius 1 is 1.67 bits per heavy atom. The molecule has 37 valence electrons. The van der Waals surface area contributed by atoms with Gasteiger partial charge in [-0.05, 0) is 0 Å². The fraction of sp³-hybridized carbons (Fsp3) is 1.00. The molecule has 0 aliphatic carbocycles. The van der Waals surface area contributed by atoms with Gasteiger partial charge in [0, 0.05) is 18.4 Å². The van der Waals surface area contributed by atoms with Crippen LogP contribution in [-0.2, 0) is 0 Å². The lowest BCUT2D eigenvalue weighted by Gasteiger charge is -1.87. The molecule has 0 aromatic heterocycles. The number of alkyl halides is 1. The zero-order chi connectivity index (χ0) is 4.83. The molecule has 0 N–H and O–H groups in total. The van der Waals surface area contributed by atoms with Gasteiger partial charge in [-0.2, -0.15) is 0 Å². The summed E-state index contributed by atoms with van der Waals surface area (Å²) in [6.07, 6.45) is 0. The van der Waals surface area contributed by atoms with E-state index in [0.29, 0.717) is 0 Å². The van der Waals surface area contributed by atoms with E-state index in [1.54, 1.807) is 0 Å². The van der Waals surface area contributed by atoms with Gasteiger partial charge in [0.2, 0.25) is 0 Å². The maximum absolute atomic E-state index is 4.04. The van der Waals surface area contributed by atoms with Crippen molar-refractivity contribution in [2.75, 3.05) is 18.4 Å². The second-order valence-electron chi connectivity index (χ2n) is 0.952. The average Bonchev–Trinajstić information content (AvgIpc) is 1.61. The van der Waals surface area contributed by atoms with Crippen LogP contribution in [0.3, 0.4) is 0 Å². The Kier molecular flexibility index (Phi) is 5.84. The van der Waals surface area contributed by atoms with Gasteiger partial charge in [0.05, 0.1) is 0 Å². The van der Waals surface area contributed by atoms with Gasteiger partial charge in [0.15, 0.2) is 0 Å². The average molecular weight is 151 g/mol. The van der Waals surface area contributed by atoms with Gasteiger partial charge in [-0.25, -0.2) is 5.32 Å². The van der Waals surface area contributed by atoms with Crippen LogP contribution < -0.4 is 5.32 Å². The van der Waals surface area contributed by atoms with Crippen molar-refractivity contribution < 1.29 is 0 Å². The predicted octanol–water partition coefficient (Wildman–Crippen LogP) is 1.01. The van der Waals surface area contributed by atoms with Crippen molar-refractivity contribution in [2.45, 2.75) is 6.92 Å². The minimum atomic E-state index is 0.950. The van der Waals surface area contributed by atoms with Gasteiger partial charge in [0.25, 0.3) is 0 Å². The highest BCUT2D eigenvalue weighted by molar-refractivity contribution is 9.09. The standard InChI is InChI=1S/C4H9BrN/c1-2-6-4-3-5/h2-4H2,1H3. The van der Waals surface area contributed by atoms with Crippen molar-refractivity contribution in [1.82, 2.24) is 5.32 Å². The highest BCUT2D eigenvalue weighted by Gasteiger charge is 1.75. The molecule has 0 aliphatic rings. The SMILES string of the molecule is CC[N]CCBr. The Balaban J connectivity index is 2.34. The zero-order valence-corrected chi connectivity index (χ0v) is 5.53. The first-order valence-electron chi connectivity index (χ1n) is 2.11. The lowest BCUT2D eigenvalue weighted by Crippen LogP contribution is -2.05. The molecule has 2 heteroatoms. The highest BCUT2D eigenvalue weighted by Crippen LogP contribution is 1.73. The van der Waals surface area contributed by atoms with Crippen LogP contribution in [0.5, 0.6) is 0 Å². The van der Waals surface area contributed by atoms with Crippen molar-refractivity contribution in [3.8, 4) is 0 Å². The smallest absolute Gasteiger partial charge is 0.0230 e. The maximum Gasteiger partial charge on any atom is 0.0230 e. The van der Waals surface area contributed by atoms with Crippen LogP contribution in [0, 0.1) is 0 Å². The molecule has 0 unspecified atom stereocenters. The molecule has 0 aromatic rings. The van der Waals surface area contributed by atoms with Crippen molar-refractivity contribution >= 4 is 15.9 Å². The van der Waals surface area contributed by atoms with Crippen molar-refractivity contribution in [1.29, 1.82) is 0 Å². The molecule has 0 bridgehead atoms. The van der Waals surface area contributed by atoms with Crippen LogP contribution in [0.15, 0.2) is 0 Å². The van der Waals surface area contributed by atoms with E-state index in [1.807, 2.05) is 6.92 Å². The molecular weight excluding hydrogens is 142 g/mol. The van der Waals surface area contributed by atoms with Gasteiger partial charge in [0.1, 0.15) is 0 Å². The van der Waals surface area contributed by atoms with Gasteiger partial charge < -0.3 is 0 Å². The van der Waals surface area contributed by atoms with Gasteiger partial charge in [-0.1, -0.05) is 22.9 Å². The molecule has 0 saturated carbocycles. The Hall–Kier alpha value is 0.440. The molecule has 0 heterocycles. The quantitative estimate of drug-likeness (QED) is 0.422. The maximum atomic E-state index is 4.04. The van der Waals surface area contributed by atoms with E-state index in [4.69, 9.17) is 0 Å². The van der Waals surface area contributed by atoms with Crippen molar-refractivity contribution in [2.24, 2.45) is 0 Å². The second kappa shape index (κ2) is 5.44. The molecule has 0 fully saturated rings. The fourth-order valence-corrected chi connectivity index (χ4v) is 0.469. The number of hydrogen-bond donors (Lipinski definition) is 0. The van der Waals surface area contributed by atoms with Crippen LogP contribution in [0.4, 0.5) is 0 Å². The Morgan fingerprint density at radius 2 is 2.33 bits per heavy atom. The van der Waals surface area contributed by atoms with Gasteiger partial charge >= 0.3 is 0 Å². The molecule has 0 amide bonds. The van der Waals surface area contributed by atoms with E-state index in [1.165, 1.54) is 0 Å². The van der Waals surface area contributed by atoms with Crippen LogP contribution in [0.2, 0.25) is 0 Å². The van der Waals surface area contributed by atoms with Crippen LogP contribution >= 0.6 is 15.9 Å². The molecule has 0 aromatic carbocycles. The summed E-state index contributed by atoms with van der Waals surface area (Å²) >= 11 is 3.26. The Labute approximate surface area is 47.3 Å². The summed E-state index contributed by atoms with van der Waals surface area (Å²) in [5, 5.41) is 5.04. The summed E-state index contributed by atoms with van der Waals surface area (Å²) in [5.41, 5.74) is 0. The summed E-state index contributed by atoms with van der Waals surface area (Å²) in [4.78, 5) is 0. The first-order chi connectivity index (χ1) is 2.91. The van der Waals surface area contributed by atoms with Crippen LogP contribution in [0.25, 0.3) is 0 Å². The summed E-state index contributed by atoms with van der Waals surface area (Å²) in [6, 6.07) is 0.